The van der Waals surface area contributed by atoms with Crippen molar-refractivity contribution >= 4 is 17.2 Å². The number of carbonyl (C=O) groups is 1. The highest BCUT2D eigenvalue weighted by Crippen LogP contribution is 2.40. The highest BCUT2D eigenvalue weighted by molar-refractivity contribution is 7.13. The number of hydrogen-bond donors (Lipinski definition) is 1. The molecule has 1 N–H and O–H groups in total. The number of carbonyl (C=O) groups excluding carboxylic acids is 1. The van der Waals surface area contributed by atoms with Crippen LogP contribution < -0.4 is 11.1 Å². The minimum Gasteiger partial charge on any atom is -0.387 e. The maximum Gasteiger partial charge on any atom is 0.437 e. The monoisotopic (exact) mass is 375 g/mol. The highest BCUT2D eigenvalue weighted by atomic mass is 32.1. The largest absolute Gasteiger partial charge is 0.437 e. The normalized spacial score (nSPS) is 25.6. The second-order valence-electron chi connectivity index (χ2n) is 7.51. The fourth-order valence-electron chi connectivity index (χ4n) is 4.46. The molecule has 6 nitrogen and oxygen atoms in total. The minimum atomic E-state index is -0.510. The van der Waals surface area contributed by atoms with Crippen molar-refractivity contribution in [2.75, 3.05) is 0 Å². The molecule has 2 heterocycles. The van der Waals surface area contributed by atoms with Gasteiger partial charge in [0.1, 0.15) is 0 Å². The van der Waals surface area contributed by atoms with Gasteiger partial charge in [0.25, 0.3) is 5.89 Å². The van der Waals surface area contributed by atoms with E-state index in [1.807, 2.05) is 17.5 Å². The van der Waals surface area contributed by atoms with Gasteiger partial charge in [0, 0.05) is 12.5 Å². The second-order valence-corrected chi connectivity index (χ2v) is 8.45. The average molecular weight is 375 g/mol. The number of nitrogens with zero attached hydrogens (tertiary/aromatic N) is 2. The number of nitrogens with one attached hydrogen (secondary N) is 1. The fraction of sp³-hybridized carbons (Fsp3) is 0.632. The molecule has 0 spiro atoms. The first-order chi connectivity index (χ1) is 12.7. The molecule has 2 aliphatic rings. The van der Waals surface area contributed by atoms with E-state index in [4.69, 9.17) is 4.42 Å². The van der Waals surface area contributed by atoms with Crippen molar-refractivity contribution in [3.63, 3.8) is 0 Å². The van der Waals surface area contributed by atoms with Crippen LogP contribution in [0.2, 0.25) is 0 Å². The van der Waals surface area contributed by atoms with Crippen molar-refractivity contribution in [1.29, 1.82) is 0 Å². The van der Waals surface area contributed by atoms with E-state index in [-0.39, 0.29) is 24.9 Å². The summed E-state index contributed by atoms with van der Waals surface area (Å²) in [5.74, 6) is 1.47. The van der Waals surface area contributed by atoms with E-state index in [0.29, 0.717) is 5.89 Å². The number of thiophene rings is 1. The van der Waals surface area contributed by atoms with Crippen LogP contribution >= 0.6 is 11.3 Å². The van der Waals surface area contributed by atoms with Crippen LogP contribution in [-0.4, -0.2) is 21.7 Å². The summed E-state index contributed by atoms with van der Waals surface area (Å²) < 4.78 is 6.42. The van der Waals surface area contributed by atoms with E-state index in [0.717, 1.165) is 29.6 Å². The summed E-state index contributed by atoms with van der Waals surface area (Å²) in [5, 5.41) is 9.26. The second kappa shape index (κ2) is 7.78. The van der Waals surface area contributed by atoms with Crippen molar-refractivity contribution < 1.29 is 9.21 Å². The van der Waals surface area contributed by atoms with E-state index >= 15 is 0 Å². The number of aromatic nitrogens is 2. The summed E-state index contributed by atoms with van der Waals surface area (Å²) in [4.78, 5) is 25.0. The number of aryl methyl sites for hydroxylation is 1. The van der Waals surface area contributed by atoms with Crippen molar-refractivity contribution in [3.8, 4) is 10.8 Å². The quantitative estimate of drug-likeness (QED) is 0.868. The van der Waals surface area contributed by atoms with Gasteiger partial charge in [-0.3, -0.25) is 4.79 Å². The number of amides is 1. The van der Waals surface area contributed by atoms with Crippen molar-refractivity contribution in [1.82, 2.24) is 15.1 Å². The molecule has 3 unspecified atom stereocenters. The molecule has 0 aliphatic heterocycles. The Balaban J connectivity index is 1.28. The zero-order valence-corrected chi connectivity index (χ0v) is 15.7. The SMILES string of the molecule is O=C(CCn1nc(-c2cccs2)oc1=O)NC1CCC2CCCCC2C1. The van der Waals surface area contributed by atoms with Gasteiger partial charge in [0.05, 0.1) is 11.4 Å². The molecule has 0 saturated heterocycles. The predicted octanol–water partition coefficient (Wildman–Crippen LogP) is 3.43. The van der Waals surface area contributed by atoms with E-state index in [2.05, 4.69) is 10.4 Å². The summed E-state index contributed by atoms with van der Waals surface area (Å²) in [6.07, 6.45) is 9.08. The van der Waals surface area contributed by atoms with Crippen LogP contribution in [0.3, 0.4) is 0 Å². The van der Waals surface area contributed by atoms with Crippen LogP contribution in [0.25, 0.3) is 10.8 Å². The molecular weight excluding hydrogens is 350 g/mol. The maximum absolute atomic E-state index is 12.3. The molecule has 26 heavy (non-hydrogen) atoms. The Labute approximate surface area is 156 Å². The van der Waals surface area contributed by atoms with Gasteiger partial charge >= 0.3 is 5.76 Å². The summed E-state index contributed by atoms with van der Waals surface area (Å²) in [6, 6.07) is 4.03. The molecule has 140 valence electrons. The molecule has 0 radical (unpaired) electrons. The Hall–Kier alpha value is -1.89. The van der Waals surface area contributed by atoms with E-state index in [1.165, 1.54) is 48.1 Å². The lowest BCUT2D eigenvalue weighted by Gasteiger charge is -2.39. The summed E-state index contributed by atoms with van der Waals surface area (Å²) in [5.41, 5.74) is 0. The molecule has 0 aromatic carbocycles. The first-order valence-corrected chi connectivity index (χ1v) is 10.5. The van der Waals surface area contributed by atoms with Crippen LogP contribution in [0, 0.1) is 11.8 Å². The zero-order chi connectivity index (χ0) is 17.9. The lowest BCUT2D eigenvalue weighted by Crippen LogP contribution is -2.42. The topological polar surface area (TPSA) is 77.1 Å². The molecule has 4 rings (SSSR count). The number of hydrogen-bond acceptors (Lipinski definition) is 5. The molecule has 2 aromatic heterocycles. The first-order valence-electron chi connectivity index (χ1n) is 9.60. The molecule has 2 aromatic rings. The third-order valence-electron chi connectivity index (χ3n) is 5.79. The van der Waals surface area contributed by atoms with E-state index < -0.39 is 5.76 Å². The zero-order valence-electron chi connectivity index (χ0n) is 14.9. The molecule has 3 atom stereocenters. The summed E-state index contributed by atoms with van der Waals surface area (Å²) in [7, 11) is 0. The summed E-state index contributed by atoms with van der Waals surface area (Å²) in [6.45, 7) is 0.248. The van der Waals surface area contributed by atoms with Crippen molar-refractivity contribution in [3.05, 3.63) is 28.1 Å². The van der Waals surface area contributed by atoms with Crippen LogP contribution in [0.15, 0.2) is 26.7 Å². The van der Waals surface area contributed by atoms with Gasteiger partial charge in [-0.1, -0.05) is 31.7 Å². The Bertz CT molecular complexity index is 795. The lowest BCUT2D eigenvalue weighted by atomic mass is 9.69. The smallest absolute Gasteiger partial charge is 0.387 e. The van der Waals surface area contributed by atoms with E-state index in [9.17, 15) is 9.59 Å². The van der Waals surface area contributed by atoms with Gasteiger partial charge in [-0.05, 0) is 42.5 Å². The molecular formula is C19H25N3O3S. The molecule has 0 bridgehead atoms. The van der Waals surface area contributed by atoms with Crippen molar-refractivity contribution in [2.24, 2.45) is 11.8 Å². The Morgan fingerprint density at radius 2 is 2.12 bits per heavy atom. The van der Waals surface area contributed by atoms with E-state index in [1.54, 1.807) is 0 Å². The molecule has 2 aliphatic carbocycles. The van der Waals surface area contributed by atoms with Crippen molar-refractivity contribution in [2.45, 2.75) is 64.0 Å². The predicted molar refractivity (Wildman–Crippen MR) is 99.9 cm³/mol. The van der Waals surface area contributed by atoms with Gasteiger partial charge < -0.3 is 9.73 Å². The molecule has 1 amide bonds. The van der Waals surface area contributed by atoms with Crippen LogP contribution in [-0.2, 0) is 11.3 Å². The lowest BCUT2D eigenvalue weighted by molar-refractivity contribution is -0.122. The standard InChI is InChI=1S/C19H25N3O3S/c23-17(20-15-8-7-13-4-1-2-5-14(13)12-15)9-10-22-19(24)25-18(21-22)16-6-3-11-26-16/h3,6,11,13-15H,1-2,4-5,7-10,12H2,(H,20,23). The highest BCUT2D eigenvalue weighted by Gasteiger charge is 2.32. The Morgan fingerprint density at radius 1 is 1.27 bits per heavy atom. The van der Waals surface area contributed by atoms with Gasteiger partial charge in [-0.25, -0.2) is 4.79 Å². The van der Waals surface area contributed by atoms with Gasteiger partial charge in [0.15, 0.2) is 0 Å². The first kappa shape index (κ1) is 17.5. The van der Waals surface area contributed by atoms with Crippen LogP contribution in [0.5, 0.6) is 0 Å². The third kappa shape index (κ3) is 3.92. The van der Waals surface area contributed by atoms with Gasteiger partial charge in [-0.15, -0.1) is 16.4 Å². The molecule has 7 heteroatoms. The molecule has 2 saturated carbocycles. The molecule has 2 fully saturated rings. The third-order valence-corrected chi connectivity index (χ3v) is 6.65. The Kier molecular flexibility index (Phi) is 5.24. The maximum atomic E-state index is 12.3. The van der Waals surface area contributed by atoms with Crippen LogP contribution in [0.4, 0.5) is 0 Å². The minimum absolute atomic E-state index is 0.00293. The number of fused-ring (bicyclic) bond motifs is 1. The number of rotatable bonds is 5. The van der Waals surface area contributed by atoms with Crippen LogP contribution in [0.1, 0.15) is 51.4 Å². The Morgan fingerprint density at radius 3 is 2.92 bits per heavy atom. The summed E-state index contributed by atoms with van der Waals surface area (Å²) >= 11 is 1.47. The average Bonchev–Trinajstić information content (AvgIpc) is 3.29. The van der Waals surface area contributed by atoms with Gasteiger partial charge in [-0.2, -0.15) is 4.68 Å². The fourth-order valence-corrected chi connectivity index (χ4v) is 5.10. The van der Waals surface area contributed by atoms with Gasteiger partial charge in [0.2, 0.25) is 5.91 Å².